The summed E-state index contributed by atoms with van der Waals surface area (Å²) in [5.41, 5.74) is 0.519. The molecule has 148 valence electrons. The second-order valence-electron chi connectivity index (χ2n) is 6.28. The number of nitrogens with one attached hydrogen (secondary N) is 2. The molecule has 2 aromatic rings. The molecular weight excluding hydrogens is 406 g/mol. The third-order valence-electron chi connectivity index (χ3n) is 4.62. The van der Waals surface area contributed by atoms with Gasteiger partial charge in [-0.15, -0.1) is 23.7 Å². The summed E-state index contributed by atoms with van der Waals surface area (Å²) < 4.78 is 27.3. The van der Waals surface area contributed by atoms with Crippen LogP contribution >= 0.6 is 23.7 Å². The maximum atomic E-state index is 12.6. The van der Waals surface area contributed by atoms with Crippen LogP contribution in [-0.2, 0) is 16.6 Å². The van der Waals surface area contributed by atoms with Crippen LogP contribution in [-0.4, -0.2) is 45.4 Å². The van der Waals surface area contributed by atoms with Crippen molar-refractivity contribution < 1.29 is 13.2 Å². The molecule has 0 saturated carbocycles. The van der Waals surface area contributed by atoms with E-state index in [1.165, 1.54) is 23.5 Å². The van der Waals surface area contributed by atoms with Gasteiger partial charge in [0.1, 0.15) is 0 Å². The standard InChI is InChI=1S/C18H23N3O3S2.ClH/c1-19-15-8-10-21(11-9-15)18(22)14-4-6-17(7-5-14)26(23,24)20-13-16-3-2-12-25-16;/h2-7,12,15,19-20H,8-11,13H2,1H3;1H. The molecule has 1 aromatic heterocycles. The zero-order valence-electron chi connectivity index (χ0n) is 15.1. The lowest BCUT2D eigenvalue weighted by Crippen LogP contribution is -2.43. The molecular formula is C18H24ClN3O3S2. The molecule has 0 radical (unpaired) electrons. The van der Waals surface area contributed by atoms with Crippen molar-refractivity contribution in [3.63, 3.8) is 0 Å². The molecule has 2 heterocycles. The summed E-state index contributed by atoms with van der Waals surface area (Å²) in [5, 5.41) is 5.14. The quantitative estimate of drug-likeness (QED) is 0.739. The molecule has 0 aliphatic carbocycles. The van der Waals surface area contributed by atoms with Gasteiger partial charge in [0.2, 0.25) is 10.0 Å². The smallest absolute Gasteiger partial charge is 0.253 e. The highest BCUT2D eigenvalue weighted by Gasteiger charge is 2.23. The molecule has 27 heavy (non-hydrogen) atoms. The first-order valence-corrected chi connectivity index (χ1v) is 10.9. The molecule has 6 nitrogen and oxygen atoms in total. The fraction of sp³-hybridized carbons (Fsp3) is 0.389. The monoisotopic (exact) mass is 429 g/mol. The zero-order valence-corrected chi connectivity index (χ0v) is 17.5. The number of piperidine rings is 1. The lowest BCUT2D eigenvalue weighted by atomic mass is 10.0. The van der Waals surface area contributed by atoms with Gasteiger partial charge in [0.25, 0.3) is 5.91 Å². The minimum atomic E-state index is -3.59. The van der Waals surface area contributed by atoms with E-state index in [9.17, 15) is 13.2 Å². The molecule has 3 rings (SSSR count). The van der Waals surface area contributed by atoms with Crippen molar-refractivity contribution in [1.29, 1.82) is 0 Å². The number of hydrogen-bond donors (Lipinski definition) is 2. The number of carbonyl (C=O) groups excluding carboxylic acids is 1. The van der Waals surface area contributed by atoms with E-state index in [0.29, 0.717) is 24.7 Å². The Morgan fingerprint density at radius 1 is 1.19 bits per heavy atom. The van der Waals surface area contributed by atoms with Gasteiger partial charge in [0.05, 0.1) is 4.90 Å². The third kappa shape index (κ3) is 5.52. The van der Waals surface area contributed by atoms with Crippen LogP contribution in [0.15, 0.2) is 46.7 Å². The van der Waals surface area contributed by atoms with E-state index < -0.39 is 10.0 Å². The topological polar surface area (TPSA) is 78.5 Å². The second kappa shape index (κ2) is 9.66. The van der Waals surface area contributed by atoms with E-state index in [4.69, 9.17) is 0 Å². The summed E-state index contributed by atoms with van der Waals surface area (Å²) in [6.07, 6.45) is 1.86. The number of hydrogen-bond acceptors (Lipinski definition) is 5. The summed E-state index contributed by atoms with van der Waals surface area (Å²) in [4.78, 5) is 15.5. The molecule has 0 spiro atoms. The zero-order chi connectivity index (χ0) is 18.6. The van der Waals surface area contributed by atoms with Gasteiger partial charge in [-0.3, -0.25) is 4.79 Å². The van der Waals surface area contributed by atoms with Crippen LogP contribution in [0.2, 0.25) is 0 Å². The van der Waals surface area contributed by atoms with E-state index in [-0.39, 0.29) is 29.8 Å². The van der Waals surface area contributed by atoms with E-state index in [2.05, 4.69) is 10.0 Å². The maximum absolute atomic E-state index is 12.6. The van der Waals surface area contributed by atoms with E-state index in [1.807, 2.05) is 29.5 Å². The van der Waals surface area contributed by atoms with Crippen LogP contribution < -0.4 is 10.0 Å². The van der Waals surface area contributed by atoms with Crippen LogP contribution in [0, 0.1) is 0 Å². The number of halogens is 1. The minimum Gasteiger partial charge on any atom is -0.339 e. The van der Waals surface area contributed by atoms with Gasteiger partial charge >= 0.3 is 0 Å². The fourth-order valence-electron chi connectivity index (χ4n) is 2.99. The van der Waals surface area contributed by atoms with Crippen molar-refractivity contribution in [2.24, 2.45) is 0 Å². The van der Waals surface area contributed by atoms with Crippen molar-refractivity contribution in [3.05, 3.63) is 52.2 Å². The molecule has 0 atom stereocenters. The Labute approximate surface area is 170 Å². The molecule has 1 saturated heterocycles. The van der Waals surface area contributed by atoms with Gasteiger partial charge < -0.3 is 10.2 Å². The molecule has 0 bridgehead atoms. The first kappa shape index (κ1) is 21.8. The normalized spacial score (nSPS) is 15.4. The maximum Gasteiger partial charge on any atom is 0.253 e. The number of amides is 1. The number of likely N-dealkylation sites (tertiary alicyclic amines) is 1. The summed E-state index contributed by atoms with van der Waals surface area (Å²) in [6, 6.07) is 10.4. The Balaban J connectivity index is 0.00000261. The highest BCUT2D eigenvalue weighted by atomic mass is 35.5. The van der Waals surface area contributed by atoms with Gasteiger partial charge in [0, 0.05) is 36.1 Å². The Kier molecular flexibility index (Phi) is 7.81. The van der Waals surface area contributed by atoms with Crippen molar-refractivity contribution in [2.75, 3.05) is 20.1 Å². The molecule has 1 aliphatic heterocycles. The van der Waals surface area contributed by atoms with Crippen molar-refractivity contribution in [2.45, 2.75) is 30.3 Å². The van der Waals surface area contributed by atoms with Crippen molar-refractivity contribution in [1.82, 2.24) is 14.9 Å². The molecule has 0 unspecified atom stereocenters. The molecule has 1 amide bonds. The number of carbonyl (C=O) groups is 1. The van der Waals surface area contributed by atoms with E-state index >= 15 is 0 Å². The van der Waals surface area contributed by atoms with Gasteiger partial charge in [0.15, 0.2) is 0 Å². The lowest BCUT2D eigenvalue weighted by molar-refractivity contribution is 0.0707. The van der Waals surface area contributed by atoms with Crippen LogP contribution in [0.3, 0.4) is 0 Å². The Bertz CT molecular complexity index is 831. The average molecular weight is 430 g/mol. The van der Waals surface area contributed by atoms with Gasteiger partial charge in [-0.2, -0.15) is 0 Å². The Morgan fingerprint density at radius 3 is 2.41 bits per heavy atom. The molecule has 1 aliphatic rings. The fourth-order valence-corrected chi connectivity index (χ4v) is 4.74. The largest absolute Gasteiger partial charge is 0.339 e. The summed E-state index contributed by atoms with van der Waals surface area (Å²) in [7, 11) is -1.65. The third-order valence-corrected chi connectivity index (χ3v) is 6.91. The first-order chi connectivity index (χ1) is 12.5. The predicted octanol–water partition coefficient (Wildman–Crippen LogP) is 2.47. The molecule has 1 fully saturated rings. The highest BCUT2D eigenvalue weighted by Crippen LogP contribution is 2.17. The number of benzene rings is 1. The van der Waals surface area contributed by atoms with E-state index in [0.717, 1.165) is 17.7 Å². The number of sulfonamides is 1. The van der Waals surface area contributed by atoms with Crippen LogP contribution in [0.5, 0.6) is 0 Å². The van der Waals surface area contributed by atoms with Gasteiger partial charge in [-0.05, 0) is 55.6 Å². The predicted molar refractivity (Wildman–Crippen MR) is 110 cm³/mol. The summed E-state index contributed by atoms with van der Waals surface area (Å²) in [6.45, 7) is 1.70. The summed E-state index contributed by atoms with van der Waals surface area (Å²) >= 11 is 1.50. The van der Waals surface area contributed by atoms with Crippen LogP contribution in [0.4, 0.5) is 0 Å². The van der Waals surface area contributed by atoms with Crippen LogP contribution in [0.1, 0.15) is 28.1 Å². The minimum absolute atomic E-state index is 0. The lowest BCUT2D eigenvalue weighted by Gasteiger charge is -2.31. The Hall–Kier alpha value is -1.45. The molecule has 1 aromatic carbocycles. The molecule has 9 heteroatoms. The van der Waals surface area contributed by atoms with E-state index in [1.54, 1.807) is 12.1 Å². The van der Waals surface area contributed by atoms with Gasteiger partial charge in [-0.1, -0.05) is 6.07 Å². The first-order valence-electron chi connectivity index (χ1n) is 8.58. The second-order valence-corrected chi connectivity index (χ2v) is 9.08. The Morgan fingerprint density at radius 2 is 1.85 bits per heavy atom. The molecule has 2 N–H and O–H groups in total. The number of rotatable bonds is 6. The number of thiophene rings is 1. The SMILES string of the molecule is CNC1CCN(C(=O)c2ccc(S(=O)(=O)NCc3cccs3)cc2)CC1.Cl. The highest BCUT2D eigenvalue weighted by molar-refractivity contribution is 7.89. The van der Waals surface area contributed by atoms with Crippen molar-refractivity contribution >= 4 is 39.7 Å². The van der Waals surface area contributed by atoms with Crippen LogP contribution in [0.25, 0.3) is 0 Å². The van der Waals surface area contributed by atoms with Gasteiger partial charge in [-0.25, -0.2) is 13.1 Å². The van der Waals surface area contributed by atoms with Crippen molar-refractivity contribution in [3.8, 4) is 0 Å². The number of nitrogens with zero attached hydrogens (tertiary/aromatic N) is 1. The summed E-state index contributed by atoms with van der Waals surface area (Å²) in [5.74, 6) is -0.0463. The average Bonchev–Trinajstić information content (AvgIpc) is 3.20.